The van der Waals surface area contributed by atoms with E-state index < -0.39 is 11.7 Å². The van der Waals surface area contributed by atoms with E-state index in [1.807, 2.05) is 12.1 Å². The average Bonchev–Trinajstić information content (AvgIpc) is 2.56. The second-order valence-electron chi connectivity index (χ2n) is 3.85. The smallest absolute Gasteiger partial charge is 0.299 e. The third-order valence-electron chi connectivity index (χ3n) is 2.73. The Morgan fingerprint density at radius 1 is 1.35 bits per heavy atom. The average molecular weight is 294 g/mol. The zero-order chi connectivity index (χ0) is 12.4. The molecule has 0 unspecified atom stereocenters. The van der Waals surface area contributed by atoms with Crippen LogP contribution in [0.1, 0.15) is 23.2 Å². The van der Waals surface area contributed by atoms with Crippen LogP contribution in [0.15, 0.2) is 35.3 Å². The Labute approximate surface area is 108 Å². The van der Waals surface area contributed by atoms with Crippen LogP contribution in [0.5, 0.6) is 0 Å². The van der Waals surface area contributed by atoms with Gasteiger partial charge in [0.05, 0.1) is 11.3 Å². The van der Waals surface area contributed by atoms with Crippen molar-refractivity contribution >= 4 is 33.3 Å². The molecule has 4 heteroatoms. The lowest BCUT2D eigenvalue weighted by Crippen LogP contribution is -2.30. The van der Waals surface area contributed by atoms with Crippen LogP contribution in [0, 0.1) is 0 Å². The molecule has 0 aromatic heterocycles. The summed E-state index contributed by atoms with van der Waals surface area (Å²) in [5.41, 5.74) is 1.19. The van der Waals surface area contributed by atoms with Gasteiger partial charge in [0.1, 0.15) is 0 Å². The number of unbranched alkanes of at least 4 members (excludes halogenated alkanes) is 1. The zero-order valence-electron chi connectivity index (χ0n) is 9.28. The van der Waals surface area contributed by atoms with Crippen LogP contribution in [0.2, 0.25) is 0 Å². The maximum Gasteiger partial charge on any atom is 0.299 e. The summed E-state index contributed by atoms with van der Waals surface area (Å²) >= 11 is 3.39. The van der Waals surface area contributed by atoms with E-state index in [1.54, 1.807) is 17.0 Å². The maximum absolute atomic E-state index is 11.8. The Morgan fingerprint density at radius 2 is 2.12 bits per heavy atom. The largest absolute Gasteiger partial charge is 0.304 e. The molecule has 0 spiro atoms. The molecule has 1 amide bonds. The summed E-state index contributed by atoms with van der Waals surface area (Å²) in [6, 6.07) is 5.29. The summed E-state index contributed by atoms with van der Waals surface area (Å²) < 4.78 is 0.785. The number of halogens is 1. The molecular weight excluding hydrogens is 282 g/mol. The topological polar surface area (TPSA) is 37.4 Å². The maximum atomic E-state index is 11.8. The van der Waals surface area contributed by atoms with E-state index in [0.717, 1.165) is 17.3 Å². The lowest BCUT2D eigenvalue weighted by molar-refractivity contribution is -0.114. The van der Waals surface area contributed by atoms with E-state index in [1.165, 1.54) is 0 Å². The number of amides is 1. The second-order valence-corrected chi connectivity index (χ2v) is 4.71. The van der Waals surface area contributed by atoms with Crippen molar-refractivity contribution in [1.82, 2.24) is 0 Å². The molecule has 1 aliphatic heterocycles. The van der Waals surface area contributed by atoms with Crippen molar-refractivity contribution in [2.45, 2.75) is 12.8 Å². The standard InChI is InChI=1S/C13H12BrNO2/c1-2-3-4-8-15-11-9(12(16)13(15)17)6-5-7-10(11)14/h2,5-7H,1,3-4,8H2. The van der Waals surface area contributed by atoms with Gasteiger partial charge >= 0.3 is 0 Å². The highest BCUT2D eigenvalue weighted by atomic mass is 79.9. The number of hydrogen-bond acceptors (Lipinski definition) is 2. The number of Topliss-reactive ketones (excluding diaryl/α,β-unsaturated/α-hetero) is 1. The number of rotatable bonds is 4. The first-order valence-corrected chi connectivity index (χ1v) is 6.21. The molecule has 1 heterocycles. The molecule has 0 radical (unpaired) electrons. The molecule has 2 rings (SSSR count). The van der Waals surface area contributed by atoms with Gasteiger partial charge in [-0.15, -0.1) is 6.58 Å². The van der Waals surface area contributed by atoms with E-state index in [2.05, 4.69) is 22.5 Å². The lowest BCUT2D eigenvalue weighted by Gasteiger charge is -2.17. The van der Waals surface area contributed by atoms with Gasteiger partial charge in [-0.05, 0) is 40.9 Å². The zero-order valence-corrected chi connectivity index (χ0v) is 10.9. The van der Waals surface area contributed by atoms with Crippen LogP contribution < -0.4 is 4.90 Å². The molecule has 17 heavy (non-hydrogen) atoms. The normalized spacial score (nSPS) is 14.1. The molecule has 1 aromatic carbocycles. The number of anilines is 1. The molecule has 1 aromatic rings. The fourth-order valence-corrected chi connectivity index (χ4v) is 2.50. The number of nitrogens with zero attached hydrogens (tertiary/aromatic N) is 1. The number of benzene rings is 1. The Kier molecular flexibility index (Phi) is 3.43. The molecule has 0 N–H and O–H groups in total. The van der Waals surface area contributed by atoms with Crippen LogP contribution in [0.4, 0.5) is 5.69 Å². The Balaban J connectivity index is 2.33. The number of carbonyl (C=O) groups is 2. The number of allylic oxidation sites excluding steroid dienone is 1. The first-order chi connectivity index (χ1) is 8.16. The van der Waals surface area contributed by atoms with Crippen molar-refractivity contribution in [2.75, 3.05) is 11.4 Å². The van der Waals surface area contributed by atoms with Gasteiger partial charge < -0.3 is 4.90 Å². The third kappa shape index (κ3) is 2.05. The molecule has 0 aliphatic carbocycles. The van der Waals surface area contributed by atoms with Gasteiger partial charge in [0.25, 0.3) is 11.7 Å². The fraction of sp³-hybridized carbons (Fsp3) is 0.231. The Morgan fingerprint density at radius 3 is 2.82 bits per heavy atom. The van der Waals surface area contributed by atoms with Crippen molar-refractivity contribution in [3.05, 3.63) is 40.9 Å². The highest BCUT2D eigenvalue weighted by Gasteiger charge is 2.36. The van der Waals surface area contributed by atoms with Crippen LogP contribution in [0.25, 0.3) is 0 Å². The van der Waals surface area contributed by atoms with Crippen molar-refractivity contribution in [3.8, 4) is 0 Å². The molecule has 0 saturated heterocycles. The summed E-state index contributed by atoms with van der Waals surface area (Å²) in [5, 5.41) is 0. The third-order valence-corrected chi connectivity index (χ3v) is 3.37. The minimum atomic E-state index is -0.434. The summed E-state index contributed by atoms with van der Waals surface area (Å²) in [6.45, 7) is 4.19. The molecule has 88 valence electrons. The van der Waals surface area contributed by atoms with E-state index in [9.17, 15) is 9.59 Å². The van der Waals surface area contributed by atoms with Gasteiger partial charge in [0, 0.05) is 11.0 Å². The van der Waals surface area contributed by atoms with E-state index in [-0.39, 0.29) is 0 Å². The van der Waals surface area contributed by atoms with Gasteiger partial charge in [-0.25, -0.2) is 0 Å². The molecule has 0 bridgehead atoms. The van der Waals surface area contributed by atoms with Crippen LogP contribution in [0.3, 0.4) is 0 Å². The minimum absolute atomic E-state index is 0.417. The van der Waals surface area contributed by atoms with Crippen LogP contribution >= 0.6 is 15.9 Å². The molecular formula is C13H12BrNO2. The SMILES string of the molecule is C=CCCCN1C(=O)C(=O)c2cccc(Br)c21. The number of fused-ring (bicyclic) bond motifs is 1. The molecule has 0 fully saturated rings. The summed E-state index contributed by atoms with van der Waals surface area (Å²) in [4.78, 5) is 25.1. The van der Waals surface area contributed by atoms with Gasteiger partial charge in [0.15, 0.2) is 0 Å². The van der Waals surface area contributed by atoms with Crippen molar-refractivity contribution in [2.24, 2.45) is 0 Å². The molecule has 0 atom stereocenters. The molecule has 0 saturated carbocycles. The predicted molar refractivity (Wildman–Crippen MR) is 70.3 cm³/mol. The van der Waals surface area contributed by atoms with Gasteiger partial charge in [0.2, 0.25) is 0 Å². The van der Waals surface area contributed by atoms with Crippen LogP contribution in [-0.4, -0.2) is 18.2 Å². The number of ketones is 1. The molecule has 1 aliphatic rings. The van der Waals surface area contributed by atoms with Crippen molar-refractivity contribution in [1.29, 1.82) is 0 Å². The fourth-order valence-electron chi connectivity index (χ4n) is 1.92. The Bertz CT molecular complexity index is 496. The molecule has 3 nitrogen and oxygen atoms in total. The number of para-hydroxylation sites is 1. The Hall–Kier alpha value is -1.42. The van der Waals surface area contributed by atoms with Gasteiger partial charge in [-0.2, -0.15) is 0 Å². The quantitative estimate of drug-likeness (QED) is 0.486. The van der Waals surface area contributed by atoms with Crippen molar-refractivity contribution < 1.29 is 9.59 Å². The van der Waals surface area contributed by atoms with E-state index in [4.69, 9.17) is 0 Å². The minimum Gasteiger partial charge on any atom is -0.304 e. The number of hydrogen-bond donors (Lipinski definition) is 0. The summed E-state index contributed by atoms with van der Waals surface area (Å²) in [7, 11) is 0. The first-order valence-electron chi connectivity index (χ1n) is 5.42. The van der Waals surface area contributed by atoms with E-state index >= 15 is 0 Å². The monoisotopic (exact) mass is 293 g/mol. The van der Waals surface area contributed by atoms with Crippen molar-refractivity contribution in [3.63, 3.8) is 0 Å². The predicted octanol–water partition coefficient (Wildman–Crippen LogP) is 2.94. The van der Waals surface area contributed by atoms with Gasteiger partial charge in [-0.1, -0.05) is 12.1 Å². The van der Waals surface area contributed by atoms with Gasteiger partial charge in [-0.3, -0.25) is 9.59 Å². The van der Waals surface area contributed by atoms with Crippen LogP contribution in [-0.2, 0) is 4.79 Å². The summed E-state index contributed by atoms with van der Waals surface area (Å²) in [5.74, 6) is -0.851. The van der Waals surface area contributed by atoms with E-state index in [0.29, 0.717) is 17.8 Å². The highest BCUT2D eigenvalue weighted by Crippen LogP contribution is 2.35. The highest BCUT2D eigenvalue weighted by molar-refractivity contribution is 9.10. The lowest BCUT2D eigenvalue weighted by atomic mass is 10.1. The second kappa shape index (κ2) is 4.84. The summed E-state index contributed by atoms with van der Waals surface area (Å²) in [6.07, 6.45) is 3.45. The first kappa shape index (κ1) is 12.0. The number of carbonyl (C=O) groups excluding carboxylic acids is 2.